The number of alkyl halides is 1. The molecule has 7 heteroatoms. The second kappa shape index (κ2) is 14.7. The van der Waals surface area contributed by atoms with Crippen LogP contribution in [0.3, 0.4) is 0 Å². The summed E-state index contributed by atoms with van der Waals surface area (Å²) in [6.45, 7) is 3.21. The van der Waals surface area contributed by atoms with Crippen LogP contribution >= 0.6 is 23.2 Å². The summed E-state index contributed by atoms with van der Waals surface area (Å²) in [5.41, 5.74) is 7.36. The minimum absolute atomic E-state index is 0.00370. The molecule has 0 spiro atoms. The number of aryl methyl sites for hydroxylation is 1. The number of nitrogens with zero attached hydrogens (tertiary/aromatic N) is 1. The Bertz CT molecular complexity index is 1420. The fourth-order valence-corrected chi connectivity index (χ4v) is 5.85. The molecular weight excluding hydrogens is 560 g/mol. The van der Waals surface area contributed by atoms with E-state index in [9.17, 15) is 9.18 Å². The number of carboxylic acids is 1. The van der Waals surface area contributed by atoms with Crippen LogP contribution < -0.4 is 4.74 Å². The molecular formula is C34H36Cl2FNO3. The van der Waals surface area contributed by atoms with Crippen molar-refractivity contribution in [2.45, 2.75) is 45.1 Å². The van der Waals surface area contributed by atoms with Gasteiger partial charge in [0.1, 0.15) is 11.9 Å². The summed E-state index contributed by atoms with van der Waals surface area (Å²) < 4.78 is 18.9. The van der Waals surface area contributed by atoms with Gasteiger partial charge in [0, 0.05) is 29.2 Å². The first-order valence-electron chi connectivity index (χ1n) is 14.0. The predicted molar refractivity (Wildman–Crippen MR) is 168 cm³/mol. The van der Waals surface area contributed by atoms with Crippen molar-refractivity contribution >= 4 is 46.4 Å². The number of allylic oxidation sites excluding steroid dienone is 1. The summed E-state index contributed by atoms with van der Waals surface area (Å²) in [5, 5.41) is 10.3. The number of ether oxygens (including phenoxy) is 1. The minimum atomic E-state index is -0.973. The van der Waals surface area contributed by atoms with Crippen LogP contribution in [0.4, 0.5) is 4.39 Å². The van der Waals surface area contributed by atoms with E-state index in [0.29, 0.717) is 23.0 Å². The van der Waals surface area contributed by atoms with Crippen LogP contribution in [-0.2, 0) is 11.2 Å². The van der Waals surface area contributed by atoms with E-state index in [1.807, 2.05) is 37.4 Å². The zero-order chi connectivity index (χ0) is 29.4. The SMILES string of the molecule is CC[C@@H](CN(C)CCCF)Oc1ccc(C2=C(c3ccc(Cl)cc3Cl)CCCc3cc(/C=C/C(=O)O)ccc32)cc1. The minimum Gasteiger partial charge on any atom is -0.489 e. The van der Waals surface area contributed by atoms with Crippen LogP contribution in [0.15, 0.2) is 66.7 Å². The fourth-order valence-electron chi connectivity index (χ4n) is 5.32. The number of aliphatic carboxylic acids is 1. The number of carboxylic acid groups (broad SMARTS) is 1. The number of carbonyl (C=O) groups is 1. The molecule has 0 aromatic heterocycles. The van der Waals surface area contributed by atoms with Crippen LogP contribution in [-0.4, -0.2) is 48.9 Å². The Morgan fingerprint density at radius 2 is 1.83 bits per heavy atom. The number of halogens is 3. The molecule has 4 nitrogen and oxygen atoms in total. The number of likely N-dealkylation sites (N-methyl/N-ethyl adjacent to an activating group) is 1. The standard InChI is InChI=1S/C34H36Cl2FNO3/c1-3-27(22-38(2)19-5-18-37)41-28-13-10-24(11-14-28)34-29-15-8-23(9-17-33(39)40)20-25(29)6-4-7-31(34)30-16-12-26(35)21-32(30)36/h8-17,20-21,27H,3-7,18-19,22H2,1-2H3,(H,39,40)/b17-9+/t27-/m0/s1. The highest BCUT2D eigenvalue weighted by Crippen LogP contribution is 2.42. The molecule has 4 rings (SSSR count). The van der Waals surface area contributed by atoms with Gasteiger partial charge in [-0.05, 0) is 108 Å². The molecule has 1 aliphatic carbocycles. The number of benzene rings is 3. The Hall–Kier alpha value is -3.12. The van der Waals surface area contributed by atoms with Crippen LogP contribution in [0.1, 0.15) is 60.4 Å². The monoisotopic (exact) mass is 595 g/mol. The highest BCUT2D eigenvalue weighted by atomic mass is 35.5. The normalized spacial score (nSPS) is 14.3. The van der Waals surface area contributed by atoms with Crippen molar-refractivity contribution in [3.8, 4) is 5.75 Å². The van der Waals surface area contributed by atoms with Gasteiger partial charge in [0.05, 0.1) is 6.67 Å². The second-order valence-electron chi connectivity index (χ2n) is 10.4. The first-order valence-corrected chi connectivity index (χ1v) is 14.8. The van der Waals surface area contributed by atoms with Gasteiger partial charge in [-0.1, -0.05) is 66.5 Å². The maximum Gasteiger partial charge on any atom is 0.328 e. The van der Waals surface area contributed by atoms with E-state index in [2.05, 4.69) is 36.1 Å². The lowest BCUT2D eigenvalue weighted by molar-refractivity contribution is -0.131. The first-order chi connectivity index (χ1) is 19.8. The van der Waals surface area contributed by atoms with Crippen LogP contribution in [0.25, 0.3) is 17.2 Å². The van der Waals surface area contributed by atoms with Gasteiger partial charge in [0.2, 0.25) is 0 Å². The van der Waals surface area contributed by atoms with Crippen molar-refractivity contribution in [1.82, 2.24) is 4.90 Å². The Morgan fingerprint density at radius 1 is 1.07 bits per heavy atom. The third-order valence-electron chi connectivity index (χ3n) is 7.34. The molecule has 0 heterocycles. The van der Waals surface area contributed by atoms with E-state index in [1.165, 1.54) is 0 Å². The van der Waals surface area contributed by atoms with Crippen LogP contribution in [0.5, 0.6) is 5.75 Å². The highest BCUT2D eigenvalue weighted by Gasteiger charge is 2.22. The average molecular weight is 597 g/mol. The molecule has 0 fully saturated rings. The number of rotatable bonds is 12. The van der Waals surface area contributed by atoms with Crippen molar-refractivity contribution in [2.75, 3.05) is 26.8 Å². The van der Waals surface area contributed by atoms with E-state index < -0.39 is 5.97 Å². The van der Waals surface area contributed by atoms with Crippen molar-refractivity contribution in [3.63, 3.8) is 0 Å². The summed E-state index contributed by atoms with van der Waals surface area (Å²) in [5.74, 6) is -0.187. The molecule has 1 N–H and O–H groups in total. The molecule has 3 aromatic rings. The second-order valence-corrected chi connectivity index (χ2v) is 11.2. The van der Waals surface area contributed by atoms with Crippen molar-refractivity contribution < 1.29 is 19.0 Å². The van der Waals surface area contributed by atoms with E-state index >= 15 is 0 Å². The van der Waals surface area contributed by atoms with Crippen molar-refractivity contribution in [3.05, 3.63) is 105 Å². The lowest BCUT2D eigenvalue weighted by Gasteiger charge is -2.24. The molecule has 0 saturated carbocycles. The lowest BCUT2D eigenvalue weighted by Crippen LogP contribution is -2.33. The van der Waals surface area contributed by atoms with E-state index in [-0.39, 0.29) is 12.8 Å². The van der Waals surface area contributed by atoms with Crippen molar-refractivity contribution in [1.29, 1.82) is 0 Å². The summed E-state index contributed by atoms with van der Waals surface area (Å²) in [7, 11) is 1.99. The molecule has 0 unspecified atom stereocenters. The smallest absolute Gasteiger partial charge is 0.328 e. The molecule has 216 valence electrons. The maximum atomic E-state index is 12.6. The molecule has 0 bridgehead atoms. The quantitative estimate of drug-likeness (QED) is 0.212. The average Bonchev–Trinajstić information content (AvgIpc) is 3.14. The zero-order valence-corrected chi connectivity index (χ0v) is 25.0. The van der Waals surface area contributed by atoms with Crippen LogP contribution in [0, 0.1) is 0 Å². The highest BCUT2D eigenvalue weighted by molar-refractivity contribution is 6.36. The van der Waals surface area contributed by atoms with Gasteiger partial charge in [-0.25, -0.2) is 4.79 Å². The Morgan fingerprint density at radius 3 is 2.51 bits per heavy atom. The Balaban J connectivity index is 1.73. The third kappa shape index (κ3) is 8.22. The number of hydrogen-bond acceptors (Lipinski definition) is 3. The molecule has 0 saturated heterocycles. The molecule has 1 atom stereocenters. The first kappa shape index (κ1) is 30.8. The van der Waals surface area contributed by atoms with Gasteiger partial charge in [-0.2, -0.15) is 0 Å². The van der Waals surface area contributed by atoms with Gasteiger partial charge in [0.25, 0.3) is 0 Å². The molecule has 0 radical (unpaired) electrons. The van der Waals surface area contributed by atoms with E-state index in [0.717, 1.165) is 83.0 Å². The van der Waals surface area contributed by atoms with Gasteiger partial charge < -0.3 is 14.7 Å². The summed E-state index contributed by atoms with van der Waals surface area (Å²) in [4.78, 5) is 13.2. The topological polar surface area (TPSA) is 49.8 Å². The molecule has 0 amide bonds. The lowest BCUT2D eigenvalue weighted by atomic mass is 9.87. The number of fused-ring (bicyclic) bond motifs is 1. The zero-order valence-electron chi connectivity index (χ0n) is 23.5. The van der Waals surface area contributed by atoms with Crippen molar-refractivity contribution in [2.24, 2.45) is 0 Å². The van der Waals surface area contributed by atoms with E-state index in [4.69, 9.17) is 33.0 Å². The Kier molecular flexibility index (Phi) is 11.0. The van der Waals surface area contributed by atoms with Gasteiger partial charge >= 0.3 is 5.97 Å². The van der Waals surface area contributed by atoms with Gasteiger partial charge in [0.15, 0.2) is 0 Å². The number of hydrogen-bond donors (Lipinski definition) is 1. The molecule has 1 aliphatic rings. The summed E-state index contributed by atoms with van der Waals surface area (Å²) in [6.07, 6.45) is 6.77. The van der Waals surface area contributed by atoms with E-state index in [1.54, 1.807) is 12.1 Å². The molecule has 0 aliphatic heterocycles. The summed E-state index contributed by atoms with van der Waals surface area (Å²) in [6, 6.07) is 19.9. The molecule has 41 heavy (non-hydrogen) atoms. The largest absolute Gasteiger partial charge is 0.489 e. The van der Waals surface area contributed by atoms with Crippen LogP contribution in [0.2, 0.25) is 10.0 Å². The maximum absolute atomic E-state index is 12.6. The molecule has 3 aromatic carbocycles. The summed E-state index contributed by atoms with van der Waals surface area (Å²) >= 11 is 13.0. The van der Waals surface area contributed by atoms with Gasteiger partial charge in [-0.3, -0.25) is 4.39 Å². The predicted octanol–water partition coefficient (Wildman–Crippen LogP) is 8.84. The third-order valence-corrected chi connectivity index (χ3v) is 7.89. The fraction of sp³-hybridized carbons (Fsp3) is 0.324. The Labute approximate surface area is 252 Å². The van der Waals surface area contributed by atoms with Gasteiger partial charge in [-0.15, -0.1) is 0 Å².